The molecule has 57 heavy (non-hydrogen) atoms. The molecule has 0 saturated heterocycles. The Bertz CT molecular complexity index is 3160. The summed E-state index contributed by atoms with van der Waals surface area (Å²) >= 11 is 0. The van der Waals surface area contributed by atoms with Crippen LogP contribution in [0.15, 0.2) is 182 Å². The minimum absolute atomic E-state index is 0.0629. The van der Waals surface area contributed by atoms with Gasteiger partial charge in [-0.05, 0) is 137 Å². The van der Waals surface area contributed by atoms with Gasteiger partial charge in [-0.25, -0.2) is 0 Å². The first kappa shape index (κ1) is 32.5. The third-order valence-electron chi connectivity index (χ3n) is 13.6. The van der Waals surface area contributed by atoms with Gasteiger partial charge in [-0.1, -0.05) is 166 Å². The van der Waals surface area contributed by atoms with Gasteiger partial charge in [0.15, 0.2) is 0 Å². The number of fused-ring (bicyclic) bond motifs is 13. The Balaban J connectivity index is 1.17. The lowest BCUT2D eigenvalue weighted by atomic mass is 9.60. The molecule has 0 amide bonds. The molecular formula is C56H41N. The van der Waals surface area contributed by atoms with E-state index in [1.807, 2.05) is 0 Å². The lowest BCUT2D eigenvalue weighted by Gasteiger charge is -2.41. The van der Waals surface area contributed by atoms with Gasteiger partial charge in [0.2, 0.25) is 0 Å². The van der Waals surface area contributed by atoms with Gasteiger partial charge in [-0.3, -0.25) is 0 Å². The molecule has 0 N–H and O–H groups in total. The molecule has 3 aliphatic carbocycles. The largest absolute Gasteiger partial charge is 0.310 e. The molecule has 0 aliphatic heterocycles. The second-order valence-electron chi connectivity index (χ2n) is 16.7. The summed E-state index contributed by atoms with van der Waals surface area (Å²) in [7, 11) is 0. The summed E-state index contributed by atoms with van der Waals surface area (Å²) in [6.07, 6.45) is 0.955. The Morgan fingerprint density at radius 1 is 0.386 bits per heavy atom. The zero-order valence-corrected chi connectivity index (χ0v) is 32.5. The molecule has 1 spiro atoms. The van der Waals surface area contributed by atoms with Crippen LogP contribution in [0.4, 0.5) is 17.1 Å². The average Bonchev–Trinajstić information content (AvgIpc) is 3.67. The molecule has 0 saturated carbocycles. The Labute approximate surface area is 334 Å². The summed E-state index contributed by atoms with van der Waals surface area (Å²) in [5.74, 6) is 0. The number of rotatable bonds is 4. The Morgan fingerprint density at radius 2 is 0.912 bits per heavy atom. The van der Waals surface area contributed by atoms with E-state index in [9.17, 15) is 0 Å². The molecule has 0 fully saturated rings. The van der Waals surface area contributed by atoms with Crippen molar-refractivity contribution >= 4 is 38.6 Å². The molecule has 1 heteroatoms. The van der Waals surface area contributed by atoms with Crippen LogP contribution >= 0.6 is 0 Å². The van der Waals surface area contributed by atoms with Crippen molar-refractivity contribution < 1.29 is 0 Å². The summed E-state index contributed by atoms with van der Waals surface area (Å²) in [6.45, 7) is 7.05. The van der Waals surface area contributed by atoms with Crippen LogP contribution in [-0.2, 0) is 17.3 Å². The van der Waals surface area contributed by atoms with E-state index in [1.54, 1.807) is 0 Å². The molecule has 0 bridgehead atoms. The number of hydrogen-bond donors (Lipinski definition) is 0. The maximum Gasteiger partial charge on any atom is 0.0729 e. The molecule has 1 nitrogen and oxygen atoms in total. The second-order valence-corrected chi connectivity index (χ2v) is 16.7. The van der Waals surface area contributed by atoms with Crippen LogP contribution in [0.5, 0.6) is 0 Å². The fraction of sp³-hybridized carbons (Fsp3) is 0.107. The van der Waals surface area contributed by atoms with Gasteiger partial charge in [0, 0.05) is 22.5 Å². The zero-order valence-electron chi connectivity index (χ0n) is 32.5. The van der Waals surface area contributed by atoms with Crippen LogP contribution in [0.25, 0.3) is 54.9 Å². The fourth-order valence-corrected chi connectivity index (χ4v) is 11.1. The molecule has 1 unspecified atom stereocenters. The van der Waals surface area contributed by atoms with Crippen molar-refractivity contribution in [3.05, 3.63) is 221 Å². The minimum Gasteiger partial charge on any atom is -0.310 e. The second kappa shape index (κ2) is 11.7. The predicted molar refractivity (Wildman–Crippen MR) is 239 cm³/mol. The Kier molecular flexibility index (Phi) is 6.66. The highest BCUT2D eigenvalue weighted by molar-refractivity contribution is 6.08. The van der Waals surface area contributed by atoms with E-state index in [0.717, 1.165) is 23.5 Å². The Hall–Kier alpha value is -6.70. The number of anilines is 3. The molecule has 12 rings (SSSR count). The first-order valence-corrected chi connectivity index (χ1v) is 20.4. The molecule has 9 aromatic carbocycles. The summed E-state index contributed by atoms with van der Waals surface area (Å²) < 4.78 is 0. The lowest BCUT2D eigenvalue weighted by Crippen LogP contribution is -2.33. The van der Waals surface area contributed by atoms with Crippen molar-refractivity contribution in [1.82, 2.24) is 0 Å². The van der Waals surface area contributed by atoms with E-state index >= 15 is 0 Å². The van der Waals surface area contributed by atoms with Crippen molar-refractivity contribution in [2.24, 2.45) is 0 Å². The monoisotopic (exact) mass is 727 g/mol. The van der Waals surface area contributed by atoms with Crippen LogP contribution in [0.3, 0.4) is 0 Å². The van der Waals surface area contributed by atoms with Crippen molar-refractivity contribution in [1.29, 1.82) is 0 Å². The van der Waals surface area contributed by atoms with Crippen LogP contribution in [0.1, 0.15) is 59.7 Å². The van der Waals surface area contributed by atoms with Crippen molar-refractivity contribution in [2.45, 2.75) is 38.0 Å². The lowest BCUT2D eigenvalue weighted by molar-refractivity contribution is 0.660. The van der Waals surface area contributed by atoms with Gasteiger partial charge >= 0.3 is 0 Å². The van der Waals surface area contributed by atoms with E-state index in [-0.39, 0.29) is 5.41 Å². The van der Waals surface area contributed by atoms with Crippen LogP contribution in [-0.4, -0.2) is 0 Å². The highest BCUT2D eigenvalue weighted by Gasteiger charge is 2.51. The van der Waals surface area contributed by atoms with Gasteiger partial charge in [-0.15, -0.1) is 0 Å². The third-order valence-corrected chi connectivity index (χ3v) is 13.6. The number of benzene rings is 9. The standard InChI is InChI=1S/C56H41N/c1-4-35-24-25-37-16-13-20-46-43-18-9-12-23-51(43)56(54(35)53(37)46)50-22-11-8-17-42(50)45-30-28-41(34-52(45)56)57(39-27-26-36-14-5-6-15-38(36)32-39)40-29-31-49-47(33-40)44-19-7-10-21-48(44)55(49,2)3/h5-34H,4H2,1-3H3. The minimum atomic E-state index is -0.492. The molecule has 9 aromatic rings. The molecule has 0 radical (unpaired) electrons. The van der Waals surface area contributed by atoms with Crippen LogP contribution in [0, 0.1) is 0 Å². The van der Waals surface area contributed by atoms with E-state index in [2.05, 4.69) is 208 Å². The van der Waals surface area contributed by atoms with E-state index in [4.69, 9.17) is 0 Å². The average molecular weight is 728 g/mol. The smallest absolute Gasteiger partial charge is 0.0729 e. The molecule has 270 valence electrons. The maximum absolute atomic E-state index is 2.54. The number of nitrogens with zero attached hydrogens (tertiary/aromatic N) is 1. The highest BCUT2D eigenvalue weighted by atomic mass is 15.1. The molecule has 0 aromatic heterocycles. The topological polar surface area (TPSA) is 3.24 Å². The number of aryl methyl sites for hydroxylation is 1. The molecular weight excluding hydrogens is 687 g/mol. The van der Waals surface area contributed by atoms with Gasteiger partial charge in [0.25, 0.3) is 0 Å². The summed E-state index contributed by atoms with van der Waals surface area (Å²) in [5.41, 5.74) is 20.6. The van der Waals surface area contributed by atoms with Gasteiger partial charge in [0.1, 0.15) is 0 Å². The normalized spacial score (nSPS) is 16.3. The van der Waals surface area contributed by atoms with Gasteiger partial charge in [0.05, 0.1) is 5.41 Å². The van der Waals surface area contributed by atoms with Gasteiger partial charge in [-0.2, -0.15) is 0 Å². The van der Waals surface area contributed by atoms with Crippen LogP contribution < -0.4 is 4.90 Å². The van der Waals surface area contributed by atoms with Crippen molar-refractivity contribution in [2.75, 3.05) is 4.90 Å². The van der Waals surface area contributed by atoms with Crippen LogP contribution in [0.2, 0.25) is 0 Å². The maximum atomic E-state index is 2.54. The first-order chi connectivity index (χ1) is 28.0. The first-order valence-electron chi connectivity index (χ1n) is 20.4. The molecule has 1 atom stereocenters. The molecule has 3 aliphatic rings. The predicted octanol–water partition coefficient (Wildman–Crippen LogP) is 14.7. The highest BCUT2D eigenvalue weighted by Crippen LogP contribution is 2.63. The SMILES string of the molecule is CCc1ccc2cccc3c2c1C1(c2ccccc2-c2ccc(N(c4ccc5c(c4)-c4ccccc4C5(C)C)c4ccc5ccccc5c4)cc21)c1ccccc1-3. The molecule has 0 heterocycles. The zero-order chi connectivity index (χ0) is 38.0. The van der Waals surface area contributed by atoms with Crippen molar-refractivity contribution in [3.8, 4) is 33.4 Å². The van der Waals surface area contributed by atoms with E-state index in [0.29, 0.717) is 0 Å². The fourth-order valence-electron chi connectivity index (χ4n) is 11.1. The summed E-state index contributed by atoms with van der Waals surface area (Å²) in [5, 5.41) is 5.16. The van der Waals surface area contributed by atoms with Crippen molar-refractivity contribution in [3.63, 3.8) is 0 Å². The number of hydrogen-bond acceptors (Lipinski definition) is 1. The van der Waals surface area contributed by atoms with Gasteiger partial charge < -0.3 is 4.90 Å². The Morgan fingerprint density at radius 3 is 1.68 bits per heavy atom. The third kappa shape index (κ3) is 4.24. The van der Waals surface area contributed by atoms with E-state index in [1.165, 1.54) is 93.9 Å². The van der Waals surface area contributed by atoms with E-state index < -0.39 is 5.41 Å². The quantitative estimate of drug-likeness (QED) is 0.174. The summed E-state index contributed by atoms with van der Waals surface area (Å²) in [4.78, 5) is 2.50. The summed E-state index contributed by atoms with van der Waals surface area (Å²) in [6, 6.07) is 69.1.